The highest BCUT2D eigenvalue weighted by Crippen LogP contribution is 2.30. The van der Waals surface area contributed by atoms with Crippen LogP contribution in [0.25, 0.3) is 0 Å². The maximum atomic E-state index is 12.9. The van der Waals surface area contributed by atoms with Crippen LogP contribution in [0.5, 0.6) is 11.5 Å². The van der Waals surface area contributed by atoms with Crippen LogP contribution in [-0.2, 0) is 0 Å². The summed E-state index contributed by atoms with van der Waals surface area (Å²) in [5.74, 6) is 1.73. The predicted octanol–water partition coefficient (Wildman–Crippen LogP) is 3.12. The lowest BCUT2D eigenvalue weighted by molar-refractivity contribution is 0.0709. The molecule has 0 bridgehead atoms. The lowest BCUT2D eigenvalue weighted by Gasteiger charge is -2.32. The Morgan fingerprint density at radius 3 is 2.42 bits per heavy atom. The Morgan fingerprint density at radius 2 is 1.79 bits per heavy atom. The second-order valence-corrected chi connectivity index (χ2v) is 5.91. The van der Waals surface area contributed by atoms with Gasteiger partial charge in [0.2, 0.25) is 0 Å². The summed E-state index contributed by atoms with van der Waals surface area (Å²) >= 11 is 0. The summed E-state index contributed by atoms with van der Waals surface area (Å²) in [5.41, 5.74) is 1.86. The zero-order chi connectivity index (χ0) is 16.9. The third-order valence-electron chi connectivity index (χ3n) is 4.60. The van der Waals surface area contributed by atoms with E-state index in [2.05, 4.69) is 17.1 Å². The van der Waals surface area contributed by atoms with E-state index in [-0.39, 0.29) is 5.91 Å². The fourth-order valence-electron chi connectivity index (χ4n) is 3.20. The number of hydrogen-bond donors (Lipinski definition) is 0. The highest BCUT2D eigenvalue weighted by molar-refractivity contribution is 5.97. The number of piperidine rings is 1. The molecule has 0 radical (unpaired) electrons. The molecular formula is C19H22N2O3. The molecule has 0 N–H and O–H groups in total. The molecule has 2 aromatic rings. The molecule has 126 valence electrons. The van der Waals surface area contributed by atoms with E-state index in [0.29, 0.717) is 23.0 Å². The number of methoxy groups -OCH3 is 2. The molecule has 1 saturated heterocycles. The molecule has 1 aliphatic rings. The minimum absolute atomic E-state index is 0.000992. The van der Waals surface area contributed by atoms with Gasteiger partial charge in [0.1, 0.15) is 11.5 Å². The number of rotatable bonds is 4. The van der Waals surface area contributed by atoms with Crippen molar-refractivity contribution in [3.63, 3.8) is 0 Å². The standard InChI is InChI=1S/C19H22N2O3/c1-23-16-3-4-18(24-2)17(13-16)19(22)21-11-7-15(8-12-21)14-5-9-20-10-6-14/h3-6,9-10,13,15H,7-8,11-12H2,1-2H3. The molecule has 2 heterocycles. The van der Waals surface area contributed by atoms with Gasteiger partial charge in [-0.3, -0.25) is 9.78 Å². The number of pyridine rings is 1. The first-order valence-electron chi connectivity index (χ1n) is 8.14. The smallest absolute Gasteiger partial charge is 0.257 e. The molecule has 0 aliphatic carbocycles. The normalized spacial score (nSPS) is 15.2. The molecule has 1 aromatic heterocycles. The summed E-state index contributed by atoms with van der Waals surface area (Å²) in [7, 11) is 3.17. The number of hydrogen-bond acceptors (Lipinski definition) is 4. The van der Waals surface area contributed by atoms with Crippen LogP contribution in [0.4, 0.5) is 0 Å². The van der Waals surface area contributed by atoms with Crippen LogP contribution in [-0.4, -0.2) is 43.1 Å². The van der Waals surface area contributed by atoms with Gasteiger partial charge in [-0.1, -0.05) is 0 Å². The number of likely N-dealkylation sites (tertiary alicyclic amines) is 1. The lowest BCUT2D eigenvalue weighted by atomic mass is 9.90. The Hall–Kier alpha value is -2.56. The van der Waals surface area contributed by atoms with Crippen LogP contribution in [0.1, 0.15) is 34.7 Å². The van der Waals surface area contributed by atoms with E-state index in [4.69, 9.17) is 9.47 Å². The van der Waals surface area contributed by atoms with E-state index in [9.17, 15) is 4.79 Å². The summed E-state index contributed by atoms with van der Waals surface area (Å²) in [4.78, 5) is 18.8. The fraction of sp³-hybridized carbons (Fsp3) is 0.368. The molecule has 1 amide bonds. The van der Waals surface area contributed by atoms with Gasteiger partial charge in [0.25, 0.3) is 5.91 Å². The molecule has 0 saturated carbocycles. The Morgan fingerprint density at radius 1 is 1.08 bits per heavy atom. The van der Waals surface area contributed by atoms with Crippen molar-refractivity contribution in [1.29, 1.82) is 0 Å². The van der Waals surface area contributed by atoms with Gasteiger partial charge in [-0.15, -0.1) is 0 Å². The first-order chi connectivity index (χ1) is 11.7. The first-order valence-corrected chi connectivity index (χ1v) is 8.14. The molecule has 1 aromatic carbocycles. The van der Waals surface area contributed by atoms with Crippen LogP contribution in [0.15, 0.2) is 42.7 Å². The number of carbonyl (C=O) groups excluding carboxylic acids is 1. The molecule has 1 fully saturated rings. The van der Waals surface area contributed by atoms with Gasteiger partial charge in [0, 0.05) is 25.5 Å². The van der Waals surface area contributed by atoms with Gasteiger partial charge in [0.05, 0.1) is 19.8 Å². The minimum Gasteiger partial charge on any atom is -0.497 e. The monoisotopic (exact) mass is 326 g/mol. The second-order valence-electron chi connectivity index (χ2n) is 5.91. The van der Waals surface area contributed by atoms with E-state index in [1.165, 1.54) is 5.56 Å². The largest absolute Gasteiger partial charge is 0.497 e. The number of carbonyl (C=O) groups is 1. The quantitative estimate of drug-likeness (QED) is 0.866. The summed E-state index contributed by atoms with van der Waals surface area (Å²) in [6.45, 7) is 1.48. The summed E-state index contributed by atoms with van der Waals surface area (Å²) in [5, 5.41) is 0. The van der Waals surface area contributed by atoms with E-state index < -0.39 is 0 Å². The zero-order valence-corrected chi connectivity index (χ0v) is 14.1. The van der Waals surface area contributed by atoms with Gasteiger partial charge in [-0.25, -0.2) is 0 Å². The summed E-state index contributed by atoms with van der Waals surface area (Å²) in [6, 6.07) is 9.44. The van der Waals surface area contributed by atoms with E-state index in [0.717, 1.165) is 25.9 Å². The average Bonchev–Trinajstić information content (AvgIpc) is 2.67. The zero-order valence-electron chi connectivity index (χ0n) is 14.1. The van der Waals surface area contributed by atoms with Crippen molar-refractivity contribution in [2.75, 3.05) is 27.3 Å². The Labute approximate surface area is 142 Å². The van der Waals surface area contributed by atoms with Crippen molar-refractivity contribution in [2.45, 2.75) is 18.8 Å². The van der Waals surface area contributed by atoms with Crippen molar-refractivity contribution in [1.82, 2.24) is 9.88 Å². The van der Waals surface area contributed by atoms with Gasteiger partial charge in [-0.2, -0.15) is 0 Å². The number of amides is 1. The molecule has 5 nitrogen and oxygen atoms in total. The number of aromatic nitrogens is 1. The van der Waals surface area contributed by atoms with Crippen LogP contribution in [0.2, 0.25) is 0 Å². The van der Waals surface area contributed by atoms with Crippen molar-refractivity contribution < 1.29 is 14.3 Å². The van der Waals surface area contributed by atoms with Crippen LogP contribution in [0.3, 0.4) is 0 Å². The maximum Gasteiger partial charge on any atom is 0.257 e. The molecule has 0 atom stereocenters. The number of ether oxygens (including phenoxy) is 2. The van der Waals surface area contributed by atoms with Gasteiger partial charge in [0.15, 0.2) is 0 Å². The van der Waals surface area contributed by atoms with Crippen molar-refractivity contribution in [3.8, 4) is 11.5 Å². The molecule has 0 spiro atoms. The molecule has 0 unspecified atom stereocenters. The van der Waals surface area contributed by atoms with Crippen molar-refractivity contribution in [3.05, 3.63) is 53.9 Å². The fourth-order valence-corrected chi connectivity index (χ4v) is 3.20. The predicted molar refractivity (Wildman–Crippen MR) is 91.7 cm³/mol. The van der Waals surface area contributed by atoms with Gasteiger partial charge < -0.3 is 14.4 Å². The van der Waals surface area contributed by atoms with Crippen molar-refractivity contribution >= 4 is 5.91 Å². The summed E-state index contributed by atoms with van der Waals surface area (Å²) in [6.07, 6.45) is 5.58. The van der Waals surface area contributed by atoms with E-state index >= 15 is 0 Å². The Balaban J connectivity index is 1.71. The molecule has 5 heteroatoms. The van der Waals surface area contributed by atoms with Gasteiger partial charge in [-0.05, 0) is 54.7 Å². The average molecular weight is 326 g/mol. The second kappa shape index (κ2) is 7.34. The maximum absolute atomic E-state index is 12.9. The lowest BCUT2D eigenvalue weighted by Crippen LogP contribution is -2.38. The van der Waals surface area contributed by atoms with E-state index in [1.54, 1.807) is 32.4 Å². The number of nitrogens with zero attached hydrogens (tertiary/aromatic N) is 2. The van der Waals surface area contributed by atoms with Crippen LogP contribution >= 0.6 is 0 Å². The molecule has 1 aliphatic heterocycles. The van der Waals surface area contributed by atoms with Crippen molar-refractivity contribution in [2.24, 2.45) is 0 Å². The first kappa shape index (κ1) is 16.3. The Bertz CT molecular complexity index is 695. The van der Waals surface area contributed by atoms with Gasteiger partial charge >= 0.3 is 0 Å². The topological polar surface area (TPSA) is 51.7 Å². The summed E-state index contributed by atoms with van der Waals surface area (Å²) < 4.78 is 10.6. The minimum atomic E-state index is -0.000992. The molecule has 24 heavy (non-hydrogen) atoms. The van der Waals surface area contributed by atoms with Crippen LogP contribution in [0, 0.1) is 0 Å². The van der Waals surface area contributed by atoms with Crippen LogP contribution < -0.4 is 9.47 Å². The Kier molecular flexibility index (Phi) is 4.99. The third-order valence-corrected chi connectivity index (χ3v) is 4.60. The number of benzene rings is 1. The third kappa shape index (κ3) is 3.35. The van der Waals surface area contributed by atoms with E-state index in [1.807, 2.05) is 17.3 Å². The molecular weight excluding hydrogens is 304 g/mol. The molecule has 3 rings (SSSR count). The highest BCUT2D eigenvalue weighted by atomic mass is 16.5. The SMILES string of the molecule is COc1ccc(OC)c(C(=O)N2CCC(c3ccncc3)CC2)c1. The highest BCUT2D eigenvalue weighted by Gasteiger charge is 2.26.